The molecule has 0 radical (unpaired) electrons. The molecule has 1 aromatic carbocycles. The summed E-state index contributed by atoms with van der Waals surface area (Å²) < 4.78 is 12.5. The molecule has 2 unspecified atom stereocenters. The molecular formula is C33H47N3O6. The molecule has 4 rings (SSSR count). The number of likely N-dealkylation sites (tertiary alicyclic amines) is 1. The van der Waals surface area contributed by atoms with E-state index in [9.17, 15) is 19.5 Å². The highest BCUT2D eigenvalue weighted by atomic mass is 16.5. The number of hydrogen-bond acceptors (Lipinski definition) is 6. The highest BCUT2D eigenvalue weighted by Gasteiger charge is 2.79. The van der Waals surface area contributed by atoms with Crippen LogP contribution < -0.4 is 9.64 Å². The molecule has 3 saturated heterocycles. The summed E-state index contributed by atoms with van der Waals surface area (Å²) in [5.41, 5.74) is -1.97. The lowest BCUT2D eigenvalue weighted by Crippen LogP contribution is -2.61. The smallest absolute Gasteiger partial charge is 0.249 e. The van der Waals surface area contributed by atoms with E-state index in [-0.39, 0.29) is 30.9 Å². The summed E-state index contributed by atoms with van der Waals surface area (Å²) in [7, 11) is 0. The van der Waals surface area contributed by atoms with Crippen LogP contribution in [-0.2, 0) is 19.1 Å². The number of anilines is 1. The monoisotopic (exact) mass is 581 g/mol. The molecule has 3 heterocycles. The molecular weight excluding hydrogens is 534 g/mol. The Bertz CT molecular complexity index is 1210. The Labute approximate surface area is 250 Å². The number of hydrogen-bond donors (Lipinski definition) is 1. The predicted octanol–water partition coefficient (Wildman–Crippen LogP) is 3.95. The third-order valence-electron chi connectivity index (χ3n) is 9.28. The van der Waals surface area contributed by atoms with Crippen molar-refractivity contribution in [2.45, 2.75) is 89.6 Å². The van der Waals surface area contributed by atoms with E-state index >= 15 is 0 Å². The Balaban J connectivity index is 1.83. The van der Waals surface area contributed by atoms with Gasteiger partial charge in [-0.2, -0.15) is 0 Å². The average molecular weight is 582 g/mol. The van der Waals surface area contributed by atoms with E-state index in [1.807, 2.05) is 58.9 Å². The number of benzene rings is 1. The fourth-order valence-corrected chi connectivity index (χ4v) is 7.35. The summed E-state index contributed by atoms with van der Waals surface area (Å²) in [5, 5.41) is 10.2. The van der Waals surface area contributed by atoms with Crippen LogP contribution in [0.2, 0.25) is 0 Å². The zero-order valence-corrected chi connectivity index (χ0v) is 26.0. The minimum atomic E-state index is -1.18. The van der Waals surface area contributed by atoms with Gasteiger partial charge in [-0.1, -0.05) is 19.1 Å². The lowest BCUT2D eigenvalue weighted by molar-refractivity contribution is -0.158. The Kier molecular flexibility index (Phi) is 8.95. The van der Waals surface area contributed by atoms with Crippen LogP contribution in [-0.4, -0.2) is 87.8 Å². The maximum Gasteiger partial charge on any atom is 0.249 e. The Hall–Kier alpha value is -3.17. The van der Waals surface area contributed by atoms with Gasteiger partial charge in [-0.05, 0) is 78.1 Å². The molecule has 3 aliphatic rings. The minimum absolute atomic E-state index is 0.232. The second-order valence-corrected chi connectivity index (χ2v) is 12.7. The van der Waals surface area contributed by atoms with Crippen molar-refractivity contribution in [3.8, 4) is 5.75 Å². The zero-order chi connectivity index (χ0) is 31.0. The zero-order valence-electron chi connectivity index (χ0n) is 26.0. The summed E-state index contributed by atoms with van der Waals surface area (Å²) in [4.78, 5) is 48.4. The van der Waals surface area contributed by atoms with Crippen LogP contribution in [0.1, 0.15) is 60.8 Å². The molecule has 0 saturated carbocycles. The van der Waals surface area contributed by atoms with Gasteiger partial charge >= 0.3 is 0 Å². The average Bonchev–Trinajstić information content (AvgIpc) is 3.57. The van der Waals surface area contributed by atoms with Gasteiger partial charge in [-0.3, -0.25) is 14.4 Å². The topological polar surface area (TPSA) is 99.6 Å². The molecule has 0 aromatic heterocycles. The first-order valence-electron chi connectivity index (χ1n) is 15.1. The van der Waals surface area contributed by atoms with E-state index in [0.717, 1.165) is 0 Å². The summed E-state index contributed by atoms with van der Waals surface area (Å²) in [6, 6.07) is 5.68. The fraction of sp³-hybridized carbons (Fsp3) is 0.606. The third-order valence-corrected chi connectivity index (χ3v) is 9.28. The molecule has 2 bridgehead atoms. The summed E-state index contributed by atoms with van der Waals surface area (Å²) in [6.07, 6.45) is 4.88. The lowest BCUT2D eigenvalue weighted by Gasteiger charge is -2.43. The number of carbonyl (C=O) groups excluding carboxylic acids is 3. The number of fused-ring (bicyclic) bond motifs is 1. The first-order valence-corrected chi connectivity index (χ1v) is 15.1. The van der Waals surface area contributed by atoms with Crippen molar-refractivity contribution >= 4 is 23.4 Å². The van der Waals surface area contributed by atoms with Crippen molar-refractivity contribution in [1.29, 1.82) is 0 Å². The normalized spacial score (nSPS) is 28.8. The lowest BCUT2D eigenvalue weighted by atomic mass is 9.64. The quantitative estimate of drug-likeness (QED) is 0.376. The van der Waals surface area contributed by atoms with E-state index < -0.39 is 40.7 Å². The van der Waals surface area contributed by atoms with Gasteiger partial charge < -0.3 is 29.3 Å². The summed E-state index contributed by atoms with van der Waals surface area (Å²) in [5.74, 6) is -1.77. The van der Waals surface area contributed by atoms with Crippen LogP contribution in [0.25, 0.3) is 0 Å². The highest BCUT2D eigenvalue weighted by Crippen LogP contribution is 2.65. The molecule has 3 fully saturated rings. The van der Waals surface area contributed by atoms with Gasteiger partial charge in [0.25, 0.3) is 0 Å². The molecule has 9 nitrogen and oxygen atoms in total. The number of aliphatic hydroxyl groups is 1. The van der Waals surface area contributed by atoms with Gasteiger partial charge in [0.15, 0.2) is 0 Å². The number of nitrogens with zero attached hydrogens (tertiary/aromatic N) is 3. The Morgan fingerprint density at radius 3 is 2.31 bits per heavy atom. The van der Waals surface area contributed by atoms with Crippen LogP contribution in [0.4, 0.5) is 5.69 Å². The summed E-state index contributed by atoms with van der Waals surface area (Å²) in [6.45, 7) is 19.9. The van der Waals surface area contributed by atoms with Crippen LogP contribution >= 0.6 is 0 Å². The standard InChI is InChI=1S/C33H47N3O6/c1-9-19-34(23-13-15-24(16-14-23)41-12-4)28(38)25-26-29(39)36(22(5)21-37)27(30(40)35(20-10-2)31(6,7)8)33(26)18-17-32(25,11-3)42-33/h9-10,13-16,22,25-27,37H,1-2,11-12,17-21H2,3-8H3/t22-,25+,26+,27?,32-,33?/m1/s1. The Morgan fingerprint density at radius 2 is 1.79 bits per heavy atom. The van der Waals surface area contributed by atoms with Crippen molar-refractivity contribution in [3.63, 3.8) is 0 Å². The highest BCUT2D eigenvalue weighted by molar-refractivity contribution is 6.03. The van der Waals surface area contributed by atoms with Crippen molar-refractivity contribution in [2.24, 2.45) is 11.8 Å². The first kappa shape index (κ1) is 31.8. The van der Waals surface area contributed by atoms with Crippen LogP contribution in [0.3, 0.4) is 0 Å². The van der Waals surface area contributed by atoms with E-state index in [1.54, 1.807) is 28.9 Å². The van der Waals surface area contributed by atoms with Gasteiger partial charge in [0.2, 0.25) is 17.7 Å². The molecule has 3 aliphatic heterocycles. The number of carbonyl (C=O) groups is 3. The van der Waals surface area contributed by atoms with Crippen molar-refractivity contribution in [1.82, 2.24) is 9.80 Å². The molecule has 6 atom stereocenters. The molecule has 1 spiro atoms. The largest absolute Gasteiger partial charge is 0.494 e. The summed E-state index contributed by atoms with van der Waals surface area (Å²) >= 11 is 0. The fourth-order valence-electron chi connectivity index (χ4n) is 7.35. The van der Waals surface area contributed by atoms with Crippen molar-refractivity contribution in [3.05, 3.63) is 49.6 Å². The maximum atomic E-state index is 14.6. The molecule has 3 amide bonds. The van der Waals surface area contributed by atoms with Crippen LogP contribution in [0.15, 0.2) is 49.6 Å². The maximum absolute atomic E-state index is 14.6. The minimum Gasteiger partial charge on any atom is -0.494 e. The molecule has 1 N–H and O–H groups in total. The Morgan fingerprint density at radius 1 is 1.14 bits per heavy atom. The molecule has 42 heavy (non-hydrogen) atoms. The van der Waals surface area contributed by atoms with E-state index in [4.69, 9.17) is 9.47 Å². The molecule has 0 aliphatic carbocycles. The van der Waals surface area contributed by atoms with E-state index in [0.29, 0.717) is 43.9 Å². The SMILES string of the molecule is C=CCN(C(=O)[C@@H]1[C@H]2C(=O)N([C@H](C)CO)C(C(=O)N(CC=C)C(C)(C)C)C23CC[C@@]1(CC)O3)c1ccc(OCC)cc1. The van der Waals surface area contributed by atoms with Crippen LogP contribution in [0, 0.1) is 11.8 Å². The van der Waals surface area contributed by atoms with Gasteiger partial charge in [-0.25, -0.2) is 0 Å². The molecule has 230 valence electrons. The first-order chi connectivity index (χ1) is 19.9. The second-order valence-electron chi connectivity index (χ2n) is 12.7. The van der Waals surface area contributed by atoms with Gasteiger partial charge in [-0.15, -0.1) is 13.2 Å². The van der Waals surface area contributed by atoms with Crippen molar-refractivity contribution < 1.29 is 29.0 Å². The van der Waals surface area contributed by atoms with Crippen LogP contribution in [0.5, 0.6) is 5.75 Å². The predicted molar refractivity (Wildman–Crippen MR) is 162 cm³/mol. The second kappa shape index (κ2) is 11.8. The third kappa shape index (κ3) is 4.94. The number of amides is 3. The molecule has 1 aromatic rings. The number of rotatable bonds is 12. The van der Waals surface area contributed by atoms with Gasteiger partial charge in [0.1, 0.15) is 17.4 Å². The van der Waals surface area contributed by atoms with Gasteiger partial charge in [0, 0.05) is 24.3 Å². The number of ether oxygens (including phenoxy) is 2. The molecule has 9 heteroatoms. The number of aliphatic hydroxyl groups excluding tert-OH is 1. The van der Waals surface area contributed by atoms with E-state index in [2.05, 4.69) is 13.2 Å². The van der Waals surface area contributed by atoms with Gasteiger partial charge in [0.05, 0.1) is 36.7 Å². The van der Waals surface area contributed by atoms with E-state index in [1.165, 1.54) is 4.90 Å². The van der Waals surface area contributed by atoms with Crippen molar-refractivity contribution in [2.75, 3.05) is 31.2 Å².